The van der Waals surface area contributed by atoms with Crippen LogP contribution in [-0.2, 0) is 71.7 Å². The average Bonchev–Trinajstić information content (AvgIpc) is 0.837. The van der Waals surface area contributed by atoms with Gasteiger partial charge in [-0.2, -0.15) is 13.2 Å². The minimum atomic E-state index is -4.52. The van der Waals surface area contributed by atoms with Crippen molar-refractivity contribution in [2.45, 2.75) is 261 Å². The van der Waals surface area contributed by atoms with Gasteiger partial charge in [0.1, 0.15) is 59.9 Å². The van der Waals surface area contributed by atoms with Gasteiger partial charge in [-0.3, -0.25) is 57.5 Å². The molecular formula is C78H125F3N12O15. The first kappa shape index (κ1) is 86.6. The molecule has 4 heterocycles. The summed E-state index contributed by atoms with van der Waals surface area (Å²) in [7, 11) is 14.1. The third-order valence-electron chi connectivity index (χ3n) is 25.3. The number of nitrogens with zero attached hydrogens (tertiary/aromatic N) is 9. The van der Waals surface area contributed by atoms with E-state index in [9.17, 15) is 32.3 Å². The molecule has 4 aliphatic heterocycles. The van der Waals surface area contributed by atoms with Crippen molar-refractivity contribution in [1.82, 2.24) is 60.0 Å². The summed E-state index contributed by atoms with van der Waals surface area (Å²) >= 11 is 0. The highest BCUT2D eigenvalue weighted by atomic mass is 19.4. The summed E-state index contributed by atoms with van der Waals surface area (Å²) in [6.45, 7) is 10.5. The number of fused-ring (bicyclic) bond motifs is 4. The van der Waals surface area contributed by atoms with Gasteiger partial charge in [0.25, 0.3) is 0 Å². The number of amides is 12. The second-order valence-electron chi connectivity index (χ2n) is 34.1. The average molecular weight is 1530 g/mol. The number of rotatable bonds is 13. The molecule has 2 bridgehead atoms. The van der Waals surface area contributed by atoms with E-state index in [1.165, 1.54) is 105 Å². The summed E-state index contributed by atoms with van der Waals surface area (Å²) < 4.78 is 59.8. The maximum atomic E-state index is 15.8. The predicted molar refractivity (Wildman–Crippen MR) is 395 cm³/mol. The predicted octanol–water partition coefficient (Wildman–Crippen LogP) is 5.16. The fourth-order valence-corrected chi connectivity index (χ4v) is 18.7. The standard InChI is InChI=1S/C78H125F3N12O15/c1-17-48(4)64-73(103)93-41-52(107-15)38-59(93)71(101)88(11)55-25-19-18-22-34-91(72(55)102)58(36-49-28-26-46(2)27-29-49)70(100)86(9)42-62(94)82-54(33-31-50-30-32-53(78(79,80)81)61(37-50)108-16)68(98)92-40-47(3)35-56(92)67(97)84-77(44-76(5,6)45-77)75(105)90(13)65(51-23-20-21-24-51)74(104)89(12)57(69(99)85(7)8)39-63(95)87(10)60(43-106-14)66(96)83-64/h18-19,46-61,64-65H,17,20-45H2,1-16H3,(H,82,94)(H,83,96)(H,84,97)/b19-18-/t46?,47-,48-,49?,50?,52-,53?,54-,55-,56-,57-,58-,59-,60-,61?,64-,65-/m0/s1. The van der Waals surface area contributed by atoms with Crippen LogP contribution in [0.25, 0.3) is 0 Å². The molecule has 108 heavy (non-hydrogen) atoms. The highest BCUT2D eigenvalue weighted by Crippen LogP contribution is 2.50. The van der Waals surface area contributed by atoms with Crippen molar-refractivity contribution in [3.63, 3.8) is 0 Å². The van der Waals surface area contributed by atoms with Gasteiger partial charge in [0, 0.05) is 96.7 Å². The Morgan fingerprint density at radius 1 is 0.657 bits per heavy atom. The zero-order chi connectivity index (χ0) is 79.8. The summed E-state index contributed by atoms with van der Waals surface area (Å²) in [5, 5.41) is 8.91. The molecule has 8 rings (SSSR count). The van der Waals surface area contributed by atoms with E-state index in [0.717, 1.165) is 48.3 Å². The van der Waals surface area contributed by atoms with Crippen molar-refractivity contribution in [1.29, 1.82) is 0 Å². The first-order valence-corrected chi connectivity index (χ1v) is 39.4. The molecule has 0 radical (unpaired) electrons. The van der Waals surface area contributed by atoms with Gasteiger partial charge in [-0.1, -0.05) is 98.6 Å². The van der Waals surface area contributed by atoms with Gasteiger partial charge in [-0.05, 0) is 124 Å². The highest BCUT2D eigenvalue weighted by molar-refractivity contribution is 6.01. The number of alkyl halides is 3. The lowest BCUT2D eigenvalue weighted by atomic mass is 9.58. The van der Waals surface area contributed by atoms with Crippen LogP contribution in [0.15, 0.2) is 12.2 Å². The van der Waals surface area contributed by atoms with Crippen LogP contribution in [0.5, 0.6) is 0 Å². The molecule has 1 spiro atoms. The van der Waals surface area contributed by atoms with Gasteiger partial charge in [-0.25, -0.2) is 0 Å². The normalized spacial score (nSPS) is 33.5. The minimum absolute atomic E-state index is 0.0122. The molecular weight excluding hydrogens is 1400 g/mol. The SMILES string of the molecule is CC[C@H](C)[C@@H]1NC(=O)[C@H](COC)N(C)C(=O)C[C@@H](C(=O)N(C)C)N(C)C(=O)[C@H](C2CCCC2)N(C)C(=O)C2(CC(C)(C)C2)NC(=O)[C@@H]2C[C@H](C)CN2C(=O)[C@H](CCC2CCC(C(F)(F)F)C(OC)C2)NC(=O)CN(C)C(=O)[C@H](CC2CCC(C)CC2)N2CC/C=C\C[C@@H](C2=O)N(C)C(=O)[C@@H]2C[C@H](OC)CN2C1=O. The van der Waals surface area contributed by atoms with Crippen LogP contribution in [0.3, 0.4) is 0 Å². The Labute approximate surface area is 636 Å². The van der Waals surface area contributed by atoms with Gasteiger partial charge < -0.3 is 74.3 Å². The Morgan fingerprint density at radius 2 is 1.31 bits per heavy atom. The quantitative estimate of drug-likeness (QED) is 0.201. The van der Waals surface area contributed by atoms with E-state index >= 15 is 38.4 Å². The zero-order valence-electron chi connectivity index (χ0n) is 66.9. The smallest absolute Gasteiger partial charge is 0.382 e. The molecule has 0 aromatic carbocycles. The summed E-state index contributed by atoms with van der Waals surface area (Å²) in [5.74, 6) is -10.9. The molecule has 3 saturated heterocycles. The van der Waals surface area contributed by atoms with Gasteiger partial charge in [0.05, 0.1) is 37.7 Å². The first-order valence-electron chi connectivity index (χ1n) is 39.4. The van der Waals surface area contributed by atoms with Crippen LogP contribution in [0, 0.1) is 46.8 Å². The Bertz CT molecular complexity index is 3260. The summed E-state index contributed by atoms with van der Waals surface area (Å²) in [4.78, 5) is 196. The van der Waals surface area contributed by atoms with Crippen molar-refractivity contribution >= 4 is 70.9 Å². The largest absolute Gasteiger partial charge is 0.394 e. The zero-order valence-corrected chi connectivity index (χ0v) is 66.9. The molecule has 3 unspecified atom stereocenters. The topological polar surface area (TPSA) is 298 Å². The maximum Gasteiger partial charge on any atom is 0.394 e. The third-order valence-corrected chi connectivity index (χ3v) is 25.3. The number of hydrogen-bond acceptors (Lipinski definition) is 15. The molecule has 3 N–H and O–H groups in total. The molecule has 608 valence electrons. The second kappa shape index (κ2) is 36.9. The molecule has 12 amide bonds. The Morgan fingerprint density at radius 3 is 1.91 bits per heavy atom. The van der Waals surface area contributed by atoms with E-state index < -0.39 is 185 Å². The Balaban J connectivity index is 1.22. The molecule has 0 aromatic heterocycles. The summed E-state index contributed by atoms with van der Waals surface area (Å²) in [6, 6.07) is -11.6. The number of carbonyl (C=O) groups is 12. The van der Waals surface area contributed by atoms with Crippen LogP contribution in [0.4, 0.5) is 13.2 Å². The van der Waals surface area contributed by atoms with E-state index in [1.54, 1.807) is 13.0 Å². The maximum absolute atomic E-state index is 15.8. The fourth-order valence-electron chi connectivity index (χ4n) is 18.7. The Kier molecular flexibility index (Phi) is 29.6. The molecule has 4 saturated carbocycles. The van der Waals surface area contributed by atoms with Crippen molar-refractivity contribution in [2.75, 3.05) is 103 Å². The number of likely N-dealkylation sites (N-methyl/N-ethyl adjacent to an activating group) is 6. The van der Waals surface area contributed by atoms with Gasteiger partial charge >= 0.3 is 6.18 Å². The monoisotopic (exact) mass is 1530 g/mol. The molecule has 30 heteroatoms. The summed E-state index contributed by atoms with van der Waals surface area (Å²) in [6.07, 6.45) is 3.84. The second-order valence-corrected chi connectivity index (χ2v) is 34.1. The van der Waals surface area contributed by atoms with Gasteiger partial charge in [-0.15, -0.1) is 0 Å². The van der Waals surface area contributed by atoms with Crippen molar-refractivity contribution in [3.8, 4) is 0 Å². The van der Waals surface area contributed by atoms with Gasteiger partial charge in [0.15, 0.2) is 0 Å². The summed E-state index contributed by atoms with van der Waals surface area (Å²) in [5.41, 5.74) is -2.13. The fraction of sp³-hybridized carbons (Fsp3) is 0.821. The van der Waals surface area contributed by atoms with Crippen LogP contribution in [0.2, 0.25) is 0 Å². The van der Waals surface area contributed by atoms with E-state index in [0.29, 0.717) is 31.6 Å². The third kappa shape index (κ3) is 20.0. The first-order chi connectivity index (χ1) is 50.8. The lowest BCUT2D eigenvalue weighted by molar-refractivity contribution is -0.215. The van der Waals surface area contributed by atoms with E-state index in [4.69, 9.17) is 14.2 Å². The number of hydrogen-bond donors (Lipinski definition) is 3. The lowest BCUT2D eigenvalue weighted by Crippen LogP contribution is -2.71. The van der Waals surface area contributed by atoms with Crippen LogP contribution < -0.4 is 16.0 Å². The number of halogens is 3. The van der Waals surface area contributed by atoms with E-state index in [-0.39, 0.29) is 115 Å². The molecule has 4 aliphatic carbocycles. The van der Waals surface area contributed by atoms with E-state index in [1.807, 2.05) is 33.8 Å². The minimum Gasteiger partial charge on any atom is -0.382 e. The number of nitrogens with one attached hydrogen (secondary N) is 3. The van der Waals surface area contributed by atoms with Crippen molar-refractivity contribution < 1.29 is 84.9 Å². The van der Waals surface area contributed by atoms with Crippen LogP contribution in [-0.4, -0.2) is 297 Å². The molecule has 27 nitrogen and oxygen atoms in total. The number of methoxy groups -OCH3 is 3. The van der Waals surface area contributed by atoms with Crippen LogP contribution >= 0.6 is 0 Å². The number of carbonyl (C=O) groups excluding carboxylic acids is 12. The van der Waals surface area contributed by atoms with Crippen LogP contribution in [0.1, 0.15) is 183 Å². The van der Waals surface area contributed by atoms with E-state index in [2.05, 4.69) is 22.9 Å². The molecule has 0 aromatic rings. The van der Waals surface area contributed by atoms with Crippen molar-refractivity contribution in [3.05, 3.63) is 12.2 Å². The lowest BCUT2D eigenvalue weighted by Gasteiger charge is -2.54. The Hall–Kier alpha value is -6.95. The van der Waals surface area contributed by atoms with Gasteiger partial charge in [0.2, 0.25) is 70.9 Å². The highest BCUT2D eigenvalue weighted by Gasteiger charge is 2.60. The molecule has 8 aliphatic rings. The molecule has 7 fully saturated rings. The van der Waals surface area contributed by atoms with Crippen molar-refractivity contribution in [2.24, 2.45) is 46.8 Å². The molecule has 15 atom stereocenters. The number of ether oxygens (including phenoxy) is 3.